The Hall–Kier alpha value is -3.91. The fraction of sp³-hybridized carbons (Fsp3) is 0.0357. The molecule has 1 atom stereocenters. The Morgan fingerprint density at radius 2 is 1.40 bits per heavy atom. The van der Waals surface area contributed by atoms with Crippen LogP contribution in [0.5, 0.6) is 0 Å². The van der Waals surface area contributed by atoms with Gasteiger partial charge in [0.05, 0.1) is 23.1 Å². The minimum atomic E-state index is 0.00293. The van der Waals surface area contributed by atoms with Crippen LogP contribution in [0.2, 0.25) is 0 Å². The number of benzene rings is 4. The van der Waals surface area contributed by atoms with E-state index >= 15 is 0 Å². The van der Waals surface area contributed by atoms with E-state index in [-0.39, 0.29) is 6.04 Å². The zero-order valence-corrected chi connectivity index (χ0v) is 16.4. The van der Waals surface area contributed by atoms with Gasteiger partial charge in [-0.3, -0.25) is 4.98 Å². The van der Waals surface area contributed by atoms with Gasteiger partial charge in [-0.05, 0) is 28.6 Å². The van der Waals surface area contributed by atoms with Crippen LogP contribution < -0.4 is 5.32 Å². The Bertz CT molecular complexity index is 1370. The lowest BCUT2D eigenvalue weighted by atomic mass is 9.86. The van der Waals surface area contributed by atoms with Gasteiger partial charge in [-0.2, -0.15) is 0 Å². The summed E-state index contributed by atoms with van der Waals surface area (Å²) in [6.07, 6.45) is 0. The van der Waals surface area contributed by atoms with Gasteiger partial charge in [0, 0.05) is 16.5 Å². The Morgan fingerprint density at radius 1 is 0.600 bits per heavy atom. The van der Waals surface area contributed by atoms with Gasteiger partial charge in [0.25, 0.3) is 0 Å². The molecule has 0 amide bonds. The molecule has 142 valence electrons. The van der Waals surface area contributed by atoms with Gasteiger partial charge in [-0.15, -0.1) is 0 Å². The van der Waals surface area contributed by atoms with Crippen LogP contribution in [0.15, 0.2) is 109 Å². The average molecular weight is 384 g/mol. The van der Waals surface area contributed by atoms with Crippen LogP contribution in [0.4, 0.5) is 5.69 Å². The molecule has 1 aromatic heterocycles. The van der Waals surface area contributed by atoms with E-state index in [1.807, 2.05) is 6.07 Å². The van der Waals surface area contributed by atoms with E-state index in [1.165, 1.54) is 33.2 Å². The molecule has 1 unspecified atom stereocenters. The molecule has 2 heterocycles. The van der Waals surface area contributed by atoms with Crippen LogP contribution in [-0.2, 0) is 0 Å². The number of fused-ring (bicyclic) bond motifs is 5. The fourth-order valence-electron chi connectivity index (χ4n) is 4.48. The first-order valence-electron chi connectivity index (χ1n) is 10.3. The summed E-state index contributed by atoms with van der Waals surface area (Å²) in [5, 5.41) is 6.32. The van der Waals surface area contributed by atoms with Crippen molar-refractivity contribution in [1.29, 1.82) is 0 Å². The van der Waals surface area contributed by atoms with Crippen LogP contribution in [-0.4, -0.2) is 4.98 Å². The van der Waals surface area contributed by atoms with Crippen molar-refractivity contribution in [3.63, 3.8) is 0 Å². The molecule has 1 aliphatic rings. The Balaban J connectivity index is 1.54. The van der Waals surface area contributed by atoms with E-state index in [2.05, 4.69) is 108 Å². The van der Waals surface area contributed by atoms with Gasteiger partial charge < -0.3 is 5.32 Å². The van der Waals surface area contributed by atoms with Crippen molar-refractivity contribution in [3.05, 3.63) is 120 Å². The van der Waals surface area contributed by atoms with Gasteiger partial charge in [-0.1, -0.05) is 97.1 Å². The molecule has 1 N–H and O–H groups in total. The highest BCUT2D eigenvalue weighted by Gasteiger charge is 2.27. The summed E-state index contributed by atoms with van der Waals surface area (Å²) < 4.78 is 0. The summed E-state index contributed by atoms with van der Waals surface area (Å²) in [6, 6.07) is 38.3. The topological polar surface area (TPSA) is 24.9 Å². The molecular weight excluding hydrogens is 364 g/mol. The number of rotatable bonds is 2. The van der Waals surface area contributed by atoms with Crippen molar-refractivity contribution < 1.29 is 0 Å². The van der Waals surface area contributed by atoms with Gasteiger partial charge in [0.2, 0.25) is 0 Å². The van der Waals surface area contributed by atoms with Gasteiger partial charge in [-0.25, -0.2) is 0 Å². The third kappa shape index (κ3) is 2.69. The first-order valence-corrected chi connectivity index (χ1v) is 10.3. The number of anilines is 1. The maximum absolute atomic E-state index is 5.06. The summed E-state index contributed by atoms with van der Waals surface area (Å²) in [5.41, 5.74) is 8.13. The Morgan fingerprint density at radius 3 is 2.33 bits per heavy atom. The van der Waals surface area contributed by atoms with E-state index in [1.54, 1.807) is 0 Å². The SMILES string of the molecule is c1ccc(-c2cccc(C3Nc4c(ccc5ccccc45)-c4ccccc43)n2)cc1. The largest absolute Gasteiger partial charge is 0.372 e. The number of nitrogens with zero attached hydrogens (tertiary/aromatic N) is 1. The Kier molecular flexibility index (Phi) is 3.88. The van der Waals surface area contributed by atoms with Crippen LogP contribution in [0.25, 0.3) is 33.2 Å². The molecule has 5 aromatic rings. The first kappa shape index (κ1) is 17.0. The second-order valence-corrected chi connectivity index (χ2v) is 7.69. The number of pyridine rings is 1. The molecule has 2 nitrogen and oxygen atoms in total. The van der Waals surface area contributed by atoms with E-state index < -0.39 is 0 Å². The van der Waals surface area contributed by atoms with Crippen molar-refractivity contribution in [2.24, 2.45) is 0 Å². The quantitative estimate of drug-likeness (QED) is 0.352. The van der Waals surface area contributed by atoms with Crippen molar-refractivity contribution in [1.82, 2.24) is 4.98 Å². The van der Waals surface area contributed by atoms with Gasteiger partial charge in [0.15, 0.2) is 0 Å². The molecule has 0 radical (unpaired) electrons. The molecule has 0 saturated carbocycles. The molecule has 30 heavy (non-hydrogen) atoms. The molecule has 6 rings (SSSR count). The molecule has 0 fully saturated rings. The first-order chi connectivity index (χ1) is 14.9. The van der Waals surface area contributed by atoms with Crippen molar-refractivity contribution >= 4 is 16.5 Å². The molecule has 0 spiro atoms. The zero-order valence-electron chi connectivity index (χ0n) is 16.4. The van der Waals surface area contributed by atoms with E-state index in [9.17, 15) is 0 Å². The molecule has 1 aliphatic heterocycles. The summed E-state index contributed by atoms with van der Waals surface area (Å²) in [4.78, 5) is 5.06. The van der Waals surface area contributed by atoms with Crippen LogP contribution in [0.1, 0.15) is 17.3 Å². The average Bonchev–Trinajstić information content (AvgIpc) is 2.84. The monoisotopic (exact) mass is 384 g/mol. The minimum absolute atomic E-state index is 0.00293. The van der Waals surface area contributed by atoms with Crippen LogP contribution in [0, 0.1) is 0 Å². The van der Waals surface area contributed by atoms with Crippen molar-refractivity contribution in [3.8, 4) is 22.4 Å². The van der Waals surface area contributed by atoms with Crippen LogP contribution >= 0.6 is 0 Å². The number of nitrogens with one attached hydrogen (secondary N) is 1. The predicted octanol–water partition coefficient (Wildman–Crippen LogP) is 7.08. The van der Waals surface area contributed by atoms with Gasteiger partial charge >= 0.3 is 0 Å². The lowest BCUT2D eigenvalue weighted by Crippen LogP contribution is -2.19. The van der Waals surface area contributed by atoms with Crippen LogP contribution in [0.3, 0.4) is 0 Å². The van der Waals surface area contributed by atoms with E-state index in [4.69, 9.17) is 4.98 Å². The maximum atomic E-state index is 5.06. The van der Waals surface area contributed by atoms with Crippen molar-refractivity contribution in [2.75, 3.05) is 5.32 Å². The van der Waals surface area contributed by atoms with E-state index in [0.29, 0.717) is 0 Å². The zero-order chi connectivity index (χ0) is 19.9. The summed E-state index contributed by atoms with van der Waals surface area (Å²) >= 11 is 0. The third-order valence-electron chi connectivity index (χ3n) is 5.92. The third-order valence-corrected chi connectivity index (χ3v) is 5.92. The summed E-state index contributed by atoms with van der Waals surface area (Å²) in [5.74, 6) is 0. The Labute approximate surface area is 175 Å². The second kappa shape index (κ2) is 6.85. The predicted molar refractivity (Wildman–Crippen MR) is 125 cm³/mol. The molecule has 0 saturated heterocycles. The highest BCUT2D eigenvalue weighted by molar-refractivity contribution is 6.03. The molecular formula is C28H20N2. The minimum Gasteiger partial charge on any atom is -0.372 e. The second-order valence-electron chi connectivity index (χ2n) is 7.69. The van der Waals surface area contributed by atoms with Crippen molar-refractivity contribution in [2.45, 2.75) is 6.04 Å². The molecule has 0 aliphatic carbocycles. The molecule has 4 aromatic carbocycles. The number of aromatic nitrogens is 1. The normalized spacial score (nSPS) is 14.6. The smallest absolute Gasteiger partial charge is 0.0946 e. The van der Waals surface area contributed by atoms with Gasteiger partial charge in [0.1, 0.15) is 0 Å². The number of hydrogen-bond acceptors (Lipinski definition) is 2. The maximum Gasteiger partial charge on any atom is 0.0946 e. The summed E-state index contributed by atoms with van der Waals surface area (Å²) in [6.45, 7) is 0. The molecule has 2 heteroatoms. The number of hydrogen-bond donors (Lipinski definition) is 1. The highest BCUT2D eigenvalue weighted by atomic mass is 15.0. The lowest BCUT2D eigenvalue weighted by molar-refractivity contribution is 0.884. The molecule has 0 bridgehead atoms. The fourth-order valence-corrected chi connectivity index (χ4v) is 4.48. The lowest BCUT2D eigenvalue weighted by Gasteiger charge is -2.30. The summed E-state index contributed by atoms with van der Waals surface area (Å²) in [7, 11) is 0. The van der Waals surface area contributed by atoms with E-state index in [0.717, 1.165) is 17.0 Å². The standard InChI is InChI=1S/C28H20N2/c1-2-10-20(11-3-1)25-15-8-16-26(29-25)28-23-14-7-6-13-22(23)24-18-17-19-9-4-5-12-21(19)27(24)30-28/h1-18,28,30H. The highest BCUT2D eigenvalue weighted by Crippen LogP contribution is 2.45.